The Morgan fingerprint density at radius 2 is 1.92 bits per heavy atom. The lowest BCUT2D eigenvalue weighted by Crippen LogP contribution is -2.32. The van der Waals surface area contributed by atoms with Crippen molar-refractivity contribution in [2.75, 3.05) is 26.4 Å². The van der Waals surface area contributed by atoms with Gasteiger partial charge in [0.2, 0.25) is 0 Å². The van der Waals surface area contributed by atoms with E-state index in [-0.39, 0.29) is 19.8 Å². The van der Waals surface area contributed by atoms with E-state index in [9.17, 15) is 4.79 Å². The molecule has 0 amide bonds. The van der Waals surface area contributed by atoms with Crippen molar-refractivity contribution < 1.29 is 24.9 Å². The maximum Gasteiger partial charge on any atom is 0.329 e. The minimum atomic E-state index is -1.06. The average molecular weight is 178 g/mol. The number of hydrogen-bond donors (Lipinski definition) is 3. The molecule has 0 saturated carbocycles. The second-order valence-electron chi connectivity index (χ2n) is 3.01. The van der Waals surface area contributed by atoms with E-state index >= 15 is 0 Å². The molecule has 0 atom stereocenters. The highest BCUT2D eigenvalue weighted by molar-refractivity contribution is 5.67. The van der Waals surface area contributed by atoms with Crippen LogP contribution in [0.15, 0.2) is 0 Å². The highest BCUT2D eigenvalue weighted by atomic mass is 16.5. The Kier molecular flexibility index (Phi) is 4.80. The maximum absolute atomic E-state index is 10.0. The number of aliphatic hydroxyl groups excluding tert-OH is 2. The first-order valence-corrected chi connectivity index (χ1v) is 3.55. The van der Waals surface area contributed by atoms with Crippen LogP contribution in [0.25, 0.3) is 0 Å². The van der Waals surface area contributed by atoms with Crippen LogP contribution in [0.2, 0.25) is 0 Å². The molecule has 0 aromatic carbocycles. The van der Waals surface area contributed by atoms with Crippen molar-refractivity contribution in [2.24, 2.45) is 5.41 Å². The monoisotopic (exact) mass is 178 g/mol. The quantitative estimate of drug-likeness (QED) is 0.489. The number of ether oxygens (including phenoxy) is 1. The molecule has 3 N–H and O–H groups in total. The number of rotatable bonds is 6. The molecule has 0 fully saturated rings. The molecule has 0 aliphatic carbocycles. The van der Waals surface area contributed by atoms with E-state index in [0.29, 0.717) is 0 Å². The van der Waals surface area contributed by atoms with E-state index in [2.05, 4.69) is 0 Å². The van der Waals surface area contributed by atoms with Gasteiger partial charge in [-0.05, 0) is 0 Å². The van der Waals surface area contributed by atoms with E-state index in [4.69, 9.17) is 20.1 Å². The van der Waals surface area contributed by atoms with Gasteiger partial charge in [-0.25, -0.2) is 4.79 Å². The van der Waals surface area contributed by atoms with Gasteiger partial charge in [-0.3, -0.25) is 0 Å². The predicted octanol–water partition coefficient (Wildman–Crippen LogP) is -0.922. The SMILES string of the molecule is CC(CO)(CO)COCC(=O)O. The number of carboxylic acids is 1. The van der Waals surface area contributed by atoms with Crippen molar-refractivity contribution in [1.29, 1.82) is 0 Å². The summed E-state index contributed by atoms with van der Waals surface area (Å²) in [6.45, 7) is 0.767. The third-order valence-electron chi connectivity index (χ3n) is 1.44. The summed E-state index contributed by atoms with van der Waals surface area (Å²) >= 11 is 0. The van der Waals surface area contributed by atoms with Gasteiger partial charge in [0.1, 0.15) is 6.61 Å². The number of carboxylic acid groups (broad SMARTS) is 1. The lowest BCUT2D eigenvalue weighted by Gasteiger charge is -2.23. The van der Waals surface area contributed by atoms with Gasteiger partial charge in [0.15, 0.2) is 0 Å². The summed E-state index contributed by atoms with van der Waals surface area (Å²) < 4.78 is 4.72. The molecule has 0 aliphatic heterocycles. The lowest BCUT2D eigenvalue weighted by molar-refractivity contribution is -0.144. The maximum atomic E-state index is 10.0. The summed E-state index contributed by atoms with van der Waals surface area (Å²) in [5.74, 6) is -1.06. The van der Waals surface area contributed by atoms with E-state index in [0.717, 1.165) is 0 Å². The second kappa shape index (κ2) is 5.08. The molecular formula is C7H14O5. The van der Waals surface area contributed by atoms with Crippen LogP contribution in [-0.2, 0) is 9.53 Å². The van der Waals surface area contributed by atoms with E-state index in [1.807, 2.05) is 0 Å². The largest absolute Gasteiger partial charge is 0.480 e. The second-order valence-corrected chi connectivity index (χ2v) is 3.01. The van der Waals surface area contributed by atoms with Crippen LogP contribution in [0.3, 0.4) is 0 Å². The zero-order valence-electron chi connectivity index (χ0n) is 6.99. The Labute approximate surface area is 70.6 Å². The van der Waals surface area contributed by atoms with Crippen LogP contribution in [0.5, 0.6) is 0 Å². The molecular weight excluding hydrogens is 164 g/mol. The van der Waals surface area contributed by atoms with Crippen molar-refractivity contribution in [2.45, 2.75) is 6.92 Å². The molecule has 5 nitrogen and oxygen atoms in total. The molecule has 0 radical (unpaired) electrons. The highest BCUT2D eigenvalue weighted by Crippen LogP contribution is 2.13. The molecule has 0 aromatic heterocycles. The first-order valence-electron chi connectivity index (χ1n) is 3.55. The summed E-state index contributed by atoms with van der Waals surface area (Å²) in [5.41, 5.74) is -0.755. The van der Waals surface area contributed by atoms with Crippen molar-refractivity contribution >= 4 is 5.97 Å². The first kappa shape index (κ1) is 11.4. The van der Waals surface area contributed by atoms with E-state index in [1.54, 1.807) is 6.92 Å². The van der Waals surface area contributed by atoms with Crippen molar-refractivity contribution in [3.05, 3.63) is 0 Å². The van der Waals surface area contributed by atoms with Crippen LogP contribution in [0.1, 0.15) is 6.92 Å². The summed E-state index contributed by atoms with van der Waals surface area (Å²) in [4.78, 5) is 10.0. The Balaban J connectivity index is 3.65. The molecule has 0 spiro atoms. The van der Waals surface area contributed by atoms with Crippen LogP contribution in [-0.4, -0.2) is 47.7 Å². The smallest absolute Gasteiger partial charge is 0.329 e. The average Bonchev–Trinajstić information content (AvgIpc) is 2.03. The van der Waals surface area contributed by atoms with Gasteiger partial charge in [-0.1, -0.05) is 6.92 Å². The lowest BCUT2D eigenvalue weighted by atomic mass is 9.95. The van der Waals surface area contributed by atoms with Gasteiger partial charge >= 0.3 is 5.97 Å². The molecule has 0 aromatic rings. The van der Waals surface area contributed by atoms with Gasteiger partial charge in [-0.2, -0.15) is 0 Å². The summed E-state index contributed by atoms with van der Waals surface area (Å²) in [7, 11) is 0. The molecule has 0 rings (SSSR count). The van der Waals surface area contributed by atoms with E-state index < -0.39 is 18.0 Å². The Bertz CT molecular complexity index is 141. The van der Waals surface area contributed by atoms with E-state index in [1.165, 1.54) is 0 Å². The van der Waals surface area contributed by atoms with Gasteiger partial charge < -0.3 is 20.1 Å². The fourth-order valence-corrected chi connectivity index (χ4v) is 0.526. The third kappa shape index (κ3) is 4.27. The van der Waals surface area contributed by atoms with Crippen LogP contribution in [0, 0.1) is 5.41 Å². The number of carbonyl (C=O) groups is 1. The zero-order valence-corrected chi connectivity index (χ0v) is 6.99. The zero-order chi connectivity index (χ0) is 9.61. The molecule has 72 valence electrons. The Morgan fingerprint density at radius 1 is 1.42 bits per heavy atom. The molecule has 5 heteroatoms. The minimum absolute atomic E-state index is 0.0340. The number of aliphatic hydroxyl groups is 2. The molecule has 0 aliphatic rings. The molecule has 12 heavy (non-hydrogen) atoms. The summed E-state index contributed by atoms with van der Waals surface area (Å²) in [5, 5.41) is 25.7. The van der Waals surface area contributed by atoms with Crippen LogP contribution in [0.4, 0.5) is 0 Å². The van der Waals surface area contributed by atoms with Crippen LogP contribution >= 0.6 is 0 Å². The summed E-state index contributed by atoms with van der Waals surface area (Å²) in [6.07, 6.45) is 0. The van der Waals surface area contributed by atoms with Gasteiger partial charge in [0.25, 0.3) is 0 Å². The topological polar surface area (TPSA) is 87.0 Å². The van der Waals surface area contributed by atoms with Gasteiger partial charge in [0.05, 0.1) is 19.8 Å². The summed E-state index contributed by atoms with van der Waals surface area (Å²) in [6, 6.07) is 0. The van der Waals surface area contributed by atoms with Crippen LogP contribution < -0.4 is 0 Å². The van der Waals surface area contributed by atoms with Gasteiger partial charge in [-0.15, -0.1) is 0 Å². The number of aliphatic carboxylic acids is 1. The van der Waals surface area contributed by atoms with Crippen molar-refractivity contribution in [1.82, 2.24) is 0 Å². The molecule has 0 heterocycles. The normalized spacial score (nSPS) is 11.6. The van der Waals surface area contributed by atoms with Crippen molar-refractivity contribution in [3.63, 3.8) is 0 Å². The fraction of sp³-hybridized carbons (Fsp3) is 0.857. The first-order chi connectivity index (χ1) is 5.54. The Morgan fingerprint density at radius 3 is 2.25 bits per heavy atom. The molecule has 0 unspecified atom stereocenters. The highest BCUT2D eigenvalue weighted by Gasteiger charge is 2.22. The predicted molar refractivity (Wildman–Crippen MR) is 40.7 cm³/mol. The van der Waals surface area contributed by atoms with Gasteiger partial charge in [0, 0.05) is 5.41 Å². The third-order valence-corrected chi connectivity index (χ3v) is 1.44. The standard InChI is InChI=1S/C7H14O5/c1-7(3-8,4-9)5-12-2-6(10)11/h8-9H,2-5H2,1H3,(H,10,11). The minimum Gasteiger partial charge on any atom is -0.480 e. The van der Waals surface area contributed by atoms with Crippen molar-refractivity contribution in [3.8, 4) is 0 Å². The number of hydrogen-bond acceptors (Lipinski definition) is 4. The molecule has 0 bridgehead atoms. The Hall–Kier alpha value is -0.650. The fourth-order valence-electron chi connectivity index (χ4n) is 0.526. The molecule has 0 saturated heterocycles.